The van der Waals surface area contributed by atoms with Crippen molar-refractivity contribution in [3.8, 4) is 23.1 Å². The summed E-state index contributed by atoms with van der Waals surface area (Å²) in [6.45, 7) is 3.38. The number of hydrogen-bond donors (Lipinski definition) is 3. The Hall–Kier alpha value is -3.39. The molecule has 1 fully saturated rings. The molecule has 1 atom stereocenters. The number of aliphatic carboxylic acids is 1. The highest BCUT2D eigenvalue weighted by Crippen LogP contribution is 2.37. The number of likely N-dealkylation sites (tertiary alicyclic amines) is 1. The Balaban J connectivity index is 1.83. The van der Waals surface area contributed by atoms with Crippen molar-refractivity contribution in [2.45, 2.75) is 38.4 Å². The summed E-state index contributed by atoms with van der Waals surface area (Å²) in [5.41, 5.74) is -0.280. The lowest BCUT2D eigenvalue weighted by molar-refractivity contribution is -0.138. The monoisotopic (exact) mass is 449 g/mol. The van der Waals surface area contributed by atoms with Crippen LogP contribution in [0.2, 0.25) is 0 Å². The van der Waals surface area contributed by atoms with E-state index in [4.69, 9.17) is 5.11 Å². The molecular weight excluding hydrogens is 427 g/mol. The largest absolute Gasteiger partial charge is 0.507 e. The number of nitriles is 1. The number of nitrogens with one attached hydrogen (secondary N) is 1. The number of aromatic hydroxyl groups is 1. The summed E-state index contributed by atoms with van der Waals surface area (Å²) in [5.74, 6) is -1.23. The second-order valence-corrected chi connectivity index (χ2v) is 7.67. The molecule has 0 amide bonds. The predicted molar refractivity (Wildman–Crippen MR) is 109 cm³/mol. The Bertz CT molecular complexity index is 1050. The topological polar surface area (TPSA) is 122 Å². The zero-order valence-corrected chi connectivity index (χ0v) is 17.3. The predicted octanol–water partition coefficient (Wildman–Crippen LogP) is 3.40. The van der Waals surface area contributed by atoms with Gasteiger partial charge >= 0.3 is 12.1 Å². The van der Waals surface area contributed by atoms with Gasteiger partial charge in [-0.25, -0.2) is 0 Å². The van der Waals surface area contributed by atoms with Gasteiger partial charge in [0.25, 0.3) is 0 Å². The lowest BCUT2D eigenvalue weighted by Crippen LogP contribution is -2.43. The average Bonchev–Trinajstić information content (AvgIpc) is 2.73. The third-order valence-electron chi connectivity index (χ3n) is 5.40. The molecule has 3 rings (SSSR count). The number of piperidine rings is 1. The molecule has 1 aliphatic rings. The van der Waals surface area contributed by atoms with E-state index in [1.807, 2.05) is 4.90 Å². The minimum absolute atomic E-state index is 0.0421. The van der Waals surface area contributed by atoms with Crippen molar-refractivity contribution in [3.05, 3.63) is 34.9 Å². The number of alkyl halides is 3. The fourth-order valence-electron chi connectivity index (χ4n) is 3.75. The van der Waals surface area contributed by atoms with Crippen LogP contribution in [0.25, 0.3) is 11.3 Å². The van der Waals surface area contributed by atoms with E-state index in [2.05, 4.69) is 21.6 Å². The first kappa shape index (κ1) is 23.3. The lowest BCUT2D eigenvalue weighted by atomic mass is 10.0. The fourth-order valence-corrected chi connectivity index (χ4v) is 3.75. The summed E-state index contributed by atoms with van der Waals surface area (Å²) in [5, 5.41) is 40.0. The molecule has 1 aromatic heterocycles. The molecule has 0 radical (unpaired) electrons. The number of carboxylic acid groups (broad SMARTS) is 1. The second-order valence-electron chi connectivity index (χ2n) is 7.67. The number of phenolic OH excluding ortho intramolecular Hbond substituents is 1. The van der Waals surface area contributed by atoms with Gasteiger partial charge in [-0.05, 0) is 50.1 Å². The third kappa shape index (κ3) is 5.26. The van der Waals surface area contributed by atoms with Crippen LogP contribution < -0.4 is 5.32 Å². The Morgan fingerprint density at radius 2 is 2.12 bits per heavy atom. The molecule has 0 aliphatic carbocycles. The SMILES string of the molecule is Cc1c(-c2ccc(C(F)(F)F)cc2O)nnc(N[C@@H]2CCCN(CCC(=O)O)C2)c1C#N. The van der Waals surface area contributed by atoms with Crippen molar-refractivity contribution in [1.29, 1.82) is 5.26 Å². The highest BCUT2D eigenvalue weighted by molar-refractivity contribution is 5.74. The molecule has 0 bridgehead atoms. The lowest BCUT2D eigenvalue weighted by Gasteiger charge is -2.33. The Morgan fingerprint density at radius 3 is 2.75 bits per heavy atom. The third-order valence-corrected chi connectivity index (χ3v) is 5.40. The smallest absolute Gasteiger partial charge is 0.416 e. The van der Waals surface area contributed by atoms with E-state index in [0.717, 1.165) is 31.5 Å². The summed E-state index contributed by atoms with van der Waals surface area (Å²) in [7, 11) is 0. The van der Waals surface area contributed by atoms with Crippen molar-refractivity contribution in [3.63, 3.8) is 0 Å². The van der Waals surface area contributed by atoms with E-state index in [-0.39, 0.29) is 35.1 Å². The van der Waals surface area contributed by atoms with E-state index < -0.39 is 23.5 Å². The number of phenols is 1. The Kier molecular flexibility index (Phi) is 6.84. The molecular formula is C21H22F3N5O3. The molecule has 32 heavy (non-hydrogen) atoms. The van der Waals surface area contributed by atoms with E-state index >= 15 is 0 Å². The Morgan fingerprint density at radius 1 is 1.38 bits per heavy atom. The van der Waals surface area contributed by atoms with Gasteiger partial charge in [0.15, 0.2) is 5.82 Å². The van der Waals surface area contributed by atoms with Gasteiger partial charge in [0.2, 0.25) is 0 Å². The highest BCUT2D eigenvalue weighted by atomic mass is 19.4. The summed E-state index contributed by atoms with van der Waals surface area (Å²) in [6.07, 6.45) is -2.90. The maximum atomic E-state index is 12.9. The summed E-state index contributed by atoms with van der Waals surface area (Å²) >= 11 is 0. The number of hydrogen-bond acceptors (Lipinski definition) is 7. The van der Waals surface area contributed by atoms with E-state index in [0.29, 0.717) is 24.7 Å². The van der Waals surface area contributed by atoms with Gasteiger partial charge in [0.05, 0.1) is 12.0 Å². The zero-order chi connectivity index (χ0) is 23.5. The number of carboxylic acids is 1. The van der Waals surface area contributed by atoms with Crippen LogP contribution in [0.15, 0.2) is 18.2 Å². The van der Waals surface area contributed by atoms with Crippen LogP contribution in [-0.4, -0.2) is 57.0 Å². The molecule has 0 saturated carbocycles. The molecule has 170 valence electrons. The van der Waals surface area contributed by atoms with Gasteiger partial charge in [-0.3, -0.25) is 4.79 Å². The summed E-state index contributed by atoms with van der Waals surface area (Å²) < 4.78 is 38.6. The number of nitrogens with zero attached hydrogens (tertiary/aromatic N) is 4. The summed E-state index contributed by atoms with van der Waals surface area (Å²) in [6, 6.07) is 4.54. The first-order chi connectivity index (χ1) is 15.1. The van der Waals surface area contributed by atoms with Gasteiger partial charge in [-0.2, -0.15) is 18.4 Å². The quantitative estimate of drug-likeness (QED) is 0.613. The summed E-state index contributed by atoms with van der Waals surface area (Å²) in [4.78, 5) is 12.8. The van der Waals surface area contributed by atoms with Crippen LogP contribution in [0.4, 0.5) is 19.0 Å². The van der Waals surface area contributed by atoms with Crippen molar-refractivity contribution >= 4 is 11.8 Å². The van der Waals surface area contributed by atoms with Crippen molar-refractivity contribution in [2.24, 2.45) is 0 Å². The van der Waals surface area contributed by atoms with Crippen LogP contribution in [0.1, 0.15) is 36.0 Å². The molecule has 0 spiro atoms. The first-order valence-electron chi connectivity index (χ1n) is 9.98. The standard InChI is InChI=1S/C21H22F3N5O3/c1-12-16(10-25)20(26-14-3-2-7-29(11-14)8-6-18(31)32)28-27-19(12)15-5-4-13(9-17(15)30)21(22,23)24/h4-5,9,14,30H,2-3,6-8,11H2,1H3,(H,26,28)(H,31,32)/t14-/m1/s1. The molecule has 0 unspecified atom stereocenters. The van der Waals surface area contributed by atoms with E-state index in [9.17, 15) is 28.3 Å². The van der Waals surface area contributed by atoms with Gasteiger partial charge in [-0.15, -0.1) is 10.2 Å². The van der Waals surface area contributed by atoms with E-state index in [1.165, 1.54) is 0 Å². The van der Waals surface area contributed by atoms with Crippen molar-refractivity contribution in [1.82, 2.24) is 15.1 Å². The molecule has 11 heteroatoms. The fraction of sp³-hybridized carbons (Fsp3) is 0.429. The number of halogens is 3. The zero-order valence-electron chi connectivity index (χ0n) is 17.3. The van der Waals surface area contributed by atoms with Crippen LogP contribution in [0.5, 0.6) is 5.75 Å². The number of benzene rings is 1. The maximum absolute atomic E-state index is 12.9. The van der Waals surface area contributed by atoms with Gasteiger partial charge in [0.1, 0.15) is 23.1 Å². The number of anilines is 1. The van der Waals surface area contributed by atoms with Crippen LogP contribution >= 0.6 is 0 Å². The molecule has 2 heterocycles. The van der Waals surface area contributed by atoms with Gasteiger partial charge < -0.3 is 20.4 Å². The minimum atomic E-state index is -4.60. The van der Waals surface area contributed by atoms with Gasteiger partial charge in [0, 0.05) is 24.7 Å². The van der Waals surface area contributed by atoms with Crippen LogP contribution in [-0.2, 0) is 11.0 Å². The molecule has 1 aliphatic heterocycles. The number of aromatic nitrogens is 2. The minimum Gasteiger partial charge on any atom is -0.507 e. The first-order valence-corrected chi connectivity index (χ1v) is 9.98. The van der Waals surface area contributed by atoms with Crippen LogP contribution in [0, 0.1) is 18.3 Å². The van der Waals surface area contributed by atoms with Crippen LogP contribution in [0.3, 0.4) is 0 Å². The van der Waals surface area contributed by atoms with E-state index in [1.54, 1.807) is 6.92 Å². The molecule has 2 aromatic rings. The van der Waals surface area contributed by atoms with Crippen molar-refractivity contribution < 1.29 is 28.2 Å². The maximum Gasteiger partial charge on any atom is 0.416 e. The molecule has 1 saturated heterocycles. The normalized spacial score (nSPS) is 17.0. The molecule has 3 N–H and O–H groups in total. The molecule has 8 nitrogen and oxygen atoms in total. The molecule has 1 aromatic carbocycles. The second kappa shape index (κ2) is 9.40. The van der Waals surface area contributed by atoms with Crippen molar-refractivity contribution in [2.75, 3.05) is 25.0 Å². The van der Waals surface area contributed by atoms with Gasteiger partial charge in [-0.1, -0.05) is 0 Å². The Labute approximate surface area is 182 Å². The average molecular weight is 449 g/mol. The number of carbonyl (C=O) groups is 1. The highest BCUT2D eigenvalue weighted by Gasteiger charge is 2.31. The number of rotatable bonds is 6.